The van der Waals surface area contributed by atoms with E-state index in [1.54, 1.807) is 37.3 Å². The highest BCUT2D eigenvalue weighted by Crippen LogP contribution is 2.18. The largest absolute Gasteiger partial charge is 0.478 e. The van der Waals surface area contributed by atoms with E-state index in [0.717, 1.165) is 5.56 Å². The monoisotopic (exact) mass is 259 g/mol. The van der Waals surface area contributed by atoms with Gasteiger partial charge in [0.2, 0.25) is 0 Å². The SMILES string of the molecule is Cc1c(F)cccc1NCc1cccc(C(=O)O)c1. The Balaban J connectivity index is 2.12. The zero-order chi connectivity index (χ0) is 13.8. The van der Waals surface area contributed by atoms with Crippen LogP contribution in [0.3, 0.4) is 0 Å². The lowest BCUT2D eigenvalue weighted by atomic mass is 10.1. The Hall–Kier alpha value is -2.36. The molecule has 2 N–H and O–H groups in total. The Morgan fingerprint density at radius 2 is 2.00 bits per heavy atom. The molecule has 0 radical (unpaired) electrons. The molecule has 0 bridgehead atoms. The van der Waals surface area contributed by atoms with Crippen LogP contribution in [0.4, 0.5) is 10.1 Å². The van der Waals surface area contributed by atoms with Gasteiger partial charge in [0, 0.05) is 17.8 Å². The Morgan fingerprint density at radius 1 is 1.26 bits per heavy atom. The summed E-state index contributed by atoms with van der Waals surface area (Å²) in [7, 11) is 0. The third-order valence-electron chi connectivity index (χ3n) is 2.92. The van der Waals surface area contributed by atoms with Gasteiger partial charge in [0.25, 0.3) is 0 Å². The maximum absolute atomic E-state index is 13.4. The van der Waals surface area contributed by atoms with Crippen LogP contribution >= 0.6 is 0 Å². The standard InChI is InChI=1S/C15H14FNO2/c1-10-13(16)6-3-7-14(10)17-9-11-4-2-5-12(8-11)15(18)19/h2-8,17H,9H2,1H3,(H,18,19). The Bertz CT molecular complexity index is 611. The summed E-state index contributed by atoms with van der Waals surface area (Å²) in [6.07, 6.45) is 0. The molecular formula is C15H14FNO2. The fourth-order valence-electron chi connectivity index (χ4n) is 1.81. The van der Waals surface area contributed by atoms with Gasteiger partial charge in [0.15, 0.2) is 0 Å². The van der Waals surface area contributed by atoms with Crippen molar-refractivity contribution < 1.29 is 14.3 Å². The first-order valence-electron chi connectivity index (χ1n) is 5.89. The van der Waals surface area contributed by atoms with E-state index in [1.165, 1.54) is 6.07 Å². The average Bonchev–Trinajstić information content (AvgIpc) is 2.41. The third kappa shape index (κ3) is 3.10. The second-order valence-electron chi connectivity index (χ2n) is 4.27. The summed E-state index contributed by atoms with van der Waals surface area (Å²) in [6, 6.07) is 11.5. The first-order valence-corrected chi connectivity index (χ1v) is 5.89. The van der Waals surface area contributed by atoms with Crippen LogP contribution in [-0.4, -0.2) is 11.1 Å². The fraction of sp³-hybridized carbons (Fsp3) is 0.133. The van der Waals surface area contributed by atoms with Gasteiger partial charge in [0.1, 0.15) is 5.82 Å². The fourth-order valence-corrected chi connectivity index (χ4v) is 1.81. The van der Waals surface area contributed by atoms with E-state index in [-0.39, 0.29) is 11.4 Å². The van der Waals surface area contributed by atoms with Crippen LogP contribution in [0.1, 0.15) is 21.5 Å². The molecule has 0 spiro atoms. The van der Waals surface area contributed by atoms with Gasteiger partial charge >= 0.3 is 5.97 Å². The van der Waals surface area contributed by atoms with Crippen LogP contribution < -0.4 is 5.32 Å². The van der Waals surface area contributed by atoms with Crippen molar-refractivity contribution in [3.63, 3.8) is 0 Å². The summed E-state index contributed by atoms with van der Waals surface area (Å²) in [5.74, 6) is -1.21. The second-order valence-corrected chi connectivity index (χ2v) is 4.27. The average molecular weight is 259 g/mol. The molecular weight excluding hydrogens is 245 g/mol. The predicted molar refractivity (Wildman–Crippen MR) is 71.9 cm³/mol. The summed E-state index contributed by atoms with van der Waals surface area (Å²) in [6.45, 7) is 2.15. The van der Waals surface area contributed by atoms with Crippen LogP contribution in [0, 0.1) is 12.7 Å². The van der Waals surface area contributed by atoms with Crippen molar-refractivity contribution in [3.05, 3.63) is 65.0 Å². The van der Waals surface area contributed by atoms with Gasteiger partial charge in [-0.15, -0.1) is 0 Å². The molecule has 19 heavy (non-hydrogen) atoms. The summed E-state index contributed by atoms with van der Waals surface area (Å²) >= 11 is 0. The van der Waals surface area contributed by atoms with Gasteiger partial charge in [-0.2, -0.15) is 0 Å². The van der Waals surface area contributed by atoms with Crippen molar-refractivity contribution in [2.45, 2.75) is 13.5 Å². The smallest absolute Gasteiger partial charge is 0.335 e. The van der Waals surface area contributed by atoms with Gasteiger partial charge < -0.3 is 10.4 Å². The van der Waals surface area contributed by atoms with E-state index < -0.39 is 5.97 Å². The second kappa shape index (κ2) is 5.52. The number of hydrogen-bond donors (Lipinski definition) is 2. The number of carboxylic acid groups (broad SMARTS) is 1. The number of halogens is 1. The van der Waals surface area contributed by atoms with Crippen molar-refractivity contribution in [1.82, 2.24) is 0 Å². The van der Waals surface area contributed by atoms with E-state index in [4.69, 9.17) is 5.11 Å². The summed E-state index contributed by atoms with van der Waals surface area (Å²) in [5, 5.41) is 12.0. The molecule has 0 aromatic heterocycles. The number of benzene rings is 2. The number of nitrogens with one attached hydrogen (secondary N) is 1. The van der Waals surface area contributed by atoms with Gasteiger partial charge in [-0.05, 0) is 36.8 Å². The summed E-state index contributed by atoms with van der Waals surface area (Å²) in [5.41, 5.74) is 2.34. The Morgan fingerprint density at radius 3 is 2.74 bits per heavy atom. The van der Waals surface area contributed by atoms with Crippen LogP contribution in [-0.2, 0) is 6.54 Å². The first kappa shape index (κ1) is 13.1. The molecule has 0 atom stereocenters. The van der Waals surface area contributed by atoms with Gasteiger partial charge in [-0.25, -0.2) is 9.18 Å². The van der Waals surface area contributed by atoms with Crippen molar-refractivity contribution in [2.24, 2.45) is 0 Å². The lowest BCUT2D eigenvalue weighted by Crippen LogP contribution is -2.04. The number of hydrogen-bond acceptors (Lipinski definition) is 2. The lowest BCUT2D eigenvalue weighted by molar-refractivity contribution is 0.0697. The molecule has 4 heteroatoms. The van der Waals surface area contributed by atoms with Crippen molar-refractivity contribution in [2.75, 3.05) is 5.32 Å². The number of aromatic carboxylic acids is 1. The summed E-state index contributed by atoms with van der Waals surface area (Å²) < 4.78 is 13.4. The van der Waals surface area contributed by atoms with E-state index in [1.807, 2.05) is 6.07 Å². The lowest BCUT2D eigenvalue weighted by Gasteiger charge is -2.10. The molecule has 0 amide bonds. The normalized spacial score (nSPS) is 10.2. The molecule has 3 nitrogen and oxygen atoms in total. The van der Waals surface area contributed by atoms with Crippen molar-refractivity contribution in [1.29, 1.82) is 0 Å². The predicted octanol–water partition coefficient (Wildman–Crippen LogP) is 3.44. The van der Waals surface area contributed by atoms with Crippen molar-refractivity contribution >= 4 is 11.7 Å². The molecule has 0 heterocycles. The maximum Gasteiger partial charge on any atom is 0.335 e. The third-order valence-corrected chi connectivity index (χ3v) is 2.92. The molecule has 0 fully saturated rings. The van der Waals surface area contributed by atoms with Crippen LogP contribution in [0.2, 0.25) is 0 Å². The molecule has 0 aliphatic carbocycles. The van der Waals surface area contributed by atoms with E-state index in [2.05, 4.69) is 5.32 Å². The van der Waals surface area contributed by atoms with Crippen molar-refractivity contribution in [3.8, 4) is 0 Å². The number of rotatable bonds is 4. The van der Waals surface area contributed by atoms with E-state index in [0.29, 0.717) is 17.8 Å². The molecule has 2 aromatic carbocycles. The van der Waals surface area contributed by atoms with Crippen LogP contribution in [0.5, 0.6) is 0 Å². The highest BCUT2D eigenvalue weighted by molar-refractivity contribution is 5.87. The Labute approximate surface area is 110 Å². The quantitative estimate of drug-likeness (QED) is 0.884. The number of anilines is 1. The van der Waals surface area contributed by atoms with E-state index in [9.17, 15) is 9.18 Å². The van der Waals surface area contributed by atoms with Gasteiger partial charge in [-0.3, -0.25) is 0 Å². The van der Waals surface area contributed by atoms with E-state index >= 15 is 0 Å². The number of carbonyl (C=O) groups is 1. The zero-order valence-electron chi connectivity index (χ0n) is 10.5. The minimum Gasteiger partial charge on any atom is -0.478 e. The molecule has 0 aliphatic rings. The molecule has 0 aliphatic heterocycles. The minimum atomic E-state index is -0.955. The molecule has 98 valence electrons. The van der Waals surface area contributed by atoms with Gasteiger partial charge in [-0.1, -0.05) is 18.2 Å². The Kier molecular flexibility index (Phi) is 3.80. The zero-order valence-corrected chi connectivity index (χ0v) is 10.5. The van der Waals surface area contributed by atoms with Gasteiger partial charge in [0.05, 0.1) is 5.56 Å². The highest BCUT2D eigenvalue weighted by Gasteiger charge is 2.05. The highest BCUT2D eigenvalue weighted by atomic mass is 19.1. The molecule has 2 aromatic rings. The minimum absolute atomic E-state index is 0.246. The van der Waals surface area contributed by atoms with Crippen LogP contribution in [0.25, 0.3) is 0 Å². The number of carboxylic acids is 1. The van der Waals surface area contributed by atoms with Crippen LogP contribution in [0.15, 0.2) is 42.5 Å². The molecule has 0 saturated heterocycles. The first-order chi connectivity index (χ1) is 9.08. The molecule has 2 rings (SSSR count). The molecule has 0 unspecified atom stereocenters. The maximum atomic E-state index is 13.4. The molecule has 0 saturated carbocycles. The summed E-state index contributed by atoms with van der Waals surface area (Å²) in [4.78, 5) is 10.9. The topological polar surface area (TPSA) is 49.3 Å².